The zero-order chi connectivity index (χ0) is 14.5. The summed E-state index contributed by atoms with van der Waals surface area (Å²) in [7, 11) is 0. The van der Waals surface area contributed by atoms with Crippen LogP contribution in [0.15, 0.2) is 24.3 Å². The lowest BCUT2D eigenvalue weighted by molar-refractivity contribution is 0.388. The van der Waals surface area contributed by atoms with Crippen molar-refractivity contribution in [2.45, 2.75) is 45.1 Å². The molecule has 1 aliphatic rings. The fraction of sp³-hybridized carbons (Fsp3) is 0.438. The maximum atomic E-state index is 6.40. The molecule has 1 aromatic carbocycles. The molecule has 1 fully saturated rings. The highest BCUT2D eigenvalue weighted by Crippen LogP contribution is 2.45. The second kappa shape index (κ2) is 4.52. The van der Waals surface area contributed by atoms with E-state index in [1.165, 1.54) is 12.8 Å². The number of imidazole rings is 1. The van der Waals surface area contributed by atoms with Crippen LogP contribution < -0.4 is 5.73 Å². The molecule has 0 atom stereocenters. The summed E-state index contributed by atoms with van der Waals surface area (Å²) in [5.74, 6) is 2.37. The third-order valence-corrected chi connectivity index (χ3v) is 4.01. The quantitative estimate of drug-likeness (QED) is 0.889. The van der Waals surface area contributed by atoms with Gasteiger partial charge in [0.2, 0.25) is 0 Å². The van der Waals surface area contributed by atoms with Crippen LogP contribution in [0.3, 0.4) is 0 Å². The predicted octanol–water partition coefficient (Wildman–Crippen LogP) is 4.42. The molecule has 0 spiro atoms. The number of anilines is 1. The average molecular weight is 290 g/mol. The molecule has 0 aliphatic heterocycles. The Morgan fingerprint density at radius 2 is 1.90 bits per heavy atom. The SMILES string of the molecule is CC(C)(C)n1c(C2CC2)nc(-c2ccccc2Cl)c1N. The zero-order valence-electron chi connectivity index (χ0n) is 12.2. The van der Waals surface area contributed by atoms with Gasteiger partial charge in [0.05, 0.1) is 5.02 Å². The molecule has 1 saturated carbocycles. The third kappa shape index (κ3) is 2.20. The van der Waals surface area contributed by atoms with Gasteiger partial charge in [0.15, 0.2) is 0 Å². The lowest BCUT2D eigenvalue weighted by Gasteiger charge is -2.25. The van der Waals surface area contributed by atoms with E-state index in [1.54, 1.807) is 0 Å². The van der Waals surface area contributed by atoms with Gasteiger partial charge in [-0.3, -0.25) is 0 Å². The highest BCUT2D eigenvalue weighted by atomic mass is 35.5. The molecule has 0 amide bonds. The van der Waals surface area contributed by atoms with Crippen molar-refractivity contribution in [1.82, 2.24) is 9.55 Å². The average Bonchev–Trinajstić information content (AvgIpc) is 3.13. The van der Waals surface area contributed by atoms with E-state index >= 15 is 0 Å². The molecule has 2 N–H and O–H groups in total. The van der Waals surface area contributed by atoms with Crippen molar-refractivity contribution < 1.29 is 0 Å². The van der Waals surface area contributed by atoms with Crippen molar-refractivity contribution in [2.75, 3.05) is 5.73 Å². The summed E-state index contributed by atoms with van der Waals surface area (Å²) >= 11 is 6.30. The van der Waals surface area contributed by atoms with Gasteiger partial charge < -0.3 is 10.3 Å². The number of nitrogens with two attached hydrogens (primary N) is 1. The molecule has 1 aliphatic carbocycles. The molecule has 3 nitrogen and oxygen atoms in total. The standard InChI is InChI=1S/C16H20ClN3/c1-16(2,3)20-14(18)13(19-15(20)10-8-9-10)11-6-4-5-7-12(11)17/h4-7,10H,8-9,18H2,1-3H3. The molecule has 20 heavy (non-hydrogen) atoms. The van der Waals surface area contributed by atoms with Gasteiger partial charge in [-0.1, -0.05) is 29.8 Å². The number of benzene rings is 1. The van der Waals surface area contributed by atoms with Crippen molar-refractivity contribution in [3.05, 3.63) is 35.1 Å². The molecule has 3 rings (SSSR count). The zero-order valence-corrected chi connectivity index (χ0v) is 12.9. The smallest absolute Gasteiger partial charge is 0.132 e. The summed E-state index contributed by atoms with van der Waals surface area (Å²) in [6.45, 7) is 6.48. The third-order valence-electron chi connectivity index (χ3n) is 3.68. The van der Waals surface area contributed by atoms with E-state index in [9.17, 15) is 0 Å². The first-order valence-corrected chi connectivity index (χ1v) is 7.41. The lowest BCUT2D eigenvalue weighted by atomic mass is 10.1. The van der Waals surface area contributed by atoms with Crippen LogP contribution in [0.5, 0.6) is 0 Å². The number of hydrogen-bond acceptors (Lipinski definition) is 2. The maximum Gasteiger partial charge on any atom is 0.132 e. The molecule has 0 bridgehead atoms. The summed E-state index contributed by atoms with van der Waals surface area (Å²) in [5.41, 5.74) is 8.05. The van der Waals surface area contributed by atoms with Crippen LogP contribution in [0.1, 0.15) is 45.4 Å². The molecule has 0 unspecified atom stereocenters. The van der Waals surface area contributed by atoms with Crippen molar-refractivity contribution in [3.63, 3.8) is 0 Å². The Morgan fingerprint density at radius 3 is 2.45 bits per heavy atom. The van der Waals surface area contributed by atoms with Gasteiger partial charge in [-0.2, -0.15) is 0 Å². The van der Waals surface area contributed by atoms with Gasteiger partial charge in [-0.05, 0) is 39.7 Å². The van der Waals surface area contributed by atoms with Gasteiger partial charge in [-0.25, -0.2) is 4.98 Å². The van der Waals surface area contributed by atoms with Crippen molar-refractivity contribution in [1.29, 1.82) is 0 Å². The summed E-state index contributed by atoms with van der Waals surface area (Å²) in [5, 5.41) is 0.695. The number of rotatable bonds is 2. The minimum Gasteiger partial charge on any atom is -0.383 e. The number of nitrogens with zero attached hydrogens (tertiary/aromatic N) is 2. The van der Waals surface area contributed by atoms with E-state index in [0.29, 0.717) is 16.8 Å². The lowest BCUT2D eigenvalue weighted by Crippen LogP contribution is -2.25. The van der Waals surface area contributed by atoms with Crippen LogP contribution in [-0.2, 0) is 5.54 Å². The van der Waals surface area contributed by atoms with Gasteiger partial charge in [0.1, 0.15) is 17.3 Å². The molecular formula is C16H20ClN3. The summed E-state index contributed by atoms with van der Waals surface area (Å²) < 4.78 is 2.17. The first-order valence-electron chi connectivity index (χ1n) is 7.03. The molecule has 1 aromatic heterocycles. The fourth-order valence-electron chi connectivity index (χ4n) is 2.62. The molecule has 0 radical (unpaired) electrons. The Labute approximate surface area is 124 Å². The van der Waals surface area contributed by atoms with Crippen LogP contribution in [0, 0.1) is 0 Å². The highest BCUT2D eigenvalue weighted by molar-refractivity contribution is 6.33. The molecule has 1 heterocycles. The molecule has 106 valence electrons. The molecule has 0 saturated heterocycles. The Morgan fingerprint density at radius 1 is 1.25 bits per heavy atom. The largest absolute Gasteiger partial charge is 0.383 e. The van der Waals surface area contributed by atoms with Crippen molar-refractivity contribution in [2.24, 2.45) is 0 Å². The van der Waals surface area contributed by atoms with Crippen LogP contribution >= 0.6 is 11.6 Å². The Hall–Kier alpha value is -1.48. The second-order valence-corrected chi connectivity index (χ2v) is 6.87. The monoisotopic (exact) mass is 289 g/mol. The van der Waals surface area contributed by atoms with Crippen LogP contribution in [0.2, 0.25) is 5.02 Å². The van der Waals surface area contributed by atoms with Crippen LogP contribution in [0.25, 0.3) is 11.3 Å². The maximum absolute atomic E-state index is 6.40. The number of halogens is 1. The first kappa shape index (κ1) is 13.5. The minimum absolute atomic E-state index is 0.0749. The van der Waals surface area contributed by atoms with E-state index in [0.717, 1.165) is 17.1 Å². The molecular weight excluding hydrogens is 270 g/mol. The van der Waals surface area contributed by atoms with Crippen molar-refractivity contribution in [3.8, 4) is 11.3 Å². The van der Waals surface area contributed by atoms with E-state index in [1.807, 2.05) is 24.3 Å². The summed E-state index contributed by atoms with van der Waals surface area (Å²) in [6.07, 6.45) is 2.41. The molecule has 4 heteroatoms. The topological polar surface area (TPSA) is 43.8 Å². The second-order valence-electron chi connectivity index (χ2n) is 6.46. The Kier molecular flexibility index (Phi) is 3.05. The number of hydrogen-bond donors (Lipinski definition) is 1. The van der Waals surface area contributed by atoms with Crippen molar-refractivity contribution >= 4 is 17.4 Å². The van der Waals surface area contributed by atoms with Crippen LogP contribution in [-0.4, -0.2) is 9.55 Å². The van der Waals surface area contributed by atoms with E-state index in [-0.39, 0.29) is 5.54 Å². The van der Waals surface area contributed by atoms with Crippen LogP contribution in [0.4, 0.5) is 5.82 Å². The number of nitrogen functional groups attached to an aromatic ring is 1. The van der Waals surface area contributed by atoms with Gasteiger partial charge in [-0.15, -0.1) is 0 Å². The predicted molar refractivity (Wildman–Crippen MR) is 84.1 cm³/mol. The minimum atomic E-state index is -0.0749. The van der Waals surface area contributed by atoms with Gasteiger partial charge in [0.25, 0.3) is 0 Å². The first-order chi connectivity index (χ1) is 9.39. The fourth-order valence-corrected chi connectivity index (χ4v) is 2.85. The summed E-state index contributed by atoms with van der Waals surface area (Å²) in [4.78, 5) is 4.82. The molecule has 2 aromatic rings. The normalized spacial score (nSPS) is 15.6. The van der Waals surface area contributed by atoms with E-state index < -0.39 is 0 Å². The van der Waals surface area contributed by atoms with E-state index in [2.05, 4.69) is 25.3 Å². The number of aromatic nitrogens is 2. The van der Waals surface area contributed by atoms with Gasteiger partial charge >= 0.3 is 0 Å². The highest BCUT2D eigenvalue weighted by Gasteiger charge is 2.34. The van der Waals surface area contributed by atoms with E-state index in [4.69, 9.17) is 22.3 Å². The van der Waals surface area contributed by atoms with Gasteiger partial charge in [0, 0.05) is 17.0 Å². The summed E-state index contributed by atoms with van der Waals surface area (Å²) in [6, 6.07) is 7.74. The Bertz CT molecular complexity index is 648. The Balaban J connectivity index is 2.21.